The van der Waals surface area contributed by atoms with Crippen LogP contribution in [0.15, 0.2) is 48.5 Å². The van der Waals surface area contributed by atoms with Crippen molar-refractivity contribution in [2.45, 2.75) is 11.9 Å². The largest absolute Gasteiger partial charge is 0.494 e. The smallest absolute Gasteiger partial charge is 0.165 e. The molecule has 0 aliphatic heterocycles. The van der Waals surface area contributed by atoms with Crippen molar-refractivity contribution in [3.05, 3.63) is 65.5 Å². The lowest BCUT2D eigenvalue weighted by atomic mass is 10.1. The third-order valence-corrected chi connectivity index (χ3v) is 3.44. The number of methoxy groups -OCH3 is 1. The first-order chi connectivity index (χ1) is 9.70. The average molecular weight is 294 g/mol. The van der Waals surface area contributed by atoms with Gasteiger partial charge in [-0.3, -0.25) is 0 Å². The Labute approximate surface area is 123 Å². The molecule has 0 bridgehead atoms. The second-order valence-electron chi connectivity index (χ2n) is 4.48. The summed E-state index contributed by atoms with van der Waals surface area (Å²) in [5.74, 6) is -0.0921. The number of hydrogen-bond donors (Lipinski definition) is 1. The molecular weight excluding hydrogens is 277 g/mol. The van der Waals surface area contributed by atoms with Gasteiger partial charge in [0.2, 0.25) is 0 Å². The summed E-state index contributed by atoms with van der Waals surface area (Å²) in [6.07, 6.45) is 0. The zero-order valence-electron chi connectivity index (χ0n) is 11.3. The van der Waals surface area contributed by atoms with Crippen LogP contribution in [0.1, 0.15) is 16.5 Å². The Morgan fingerprint density at radius 3 is 2.60 bits per heavy atom. The topological polar surface area (TPSA) is 21.3 Å². The van der Waals surface area contributed by atoms with Gasteiger partial charge < -0.3 is 10.1 Å². The van der Waals surface area contributed by atoms with Crippen LogP contribution in [0.3, 0.4) is 0 Å². The van der Waals surface area contributed by atoms with Gasteiger partial charge in [-0.2, -0.15) is 0 Å². The zero-order valence-corrected chi connectivity index (χ0v) is 12.0. The van der Waals surface area contributed by atoms with Crippen LogP contribution in [-0.4, -0.2) is 13.7 Å². The summed E-state index contributed by atoms with van der Waals surface area (Å²) in [7, 11) is 1.45. The molecule has 0 aromatic heterocycles. The maximum absolute atomic E-state index is 13.5. The lowest BCUT2D eigenvalue weighted by Gasteiger charge is -2.11. The predicted octanol–water partition coefficient (Wildman–Crippen LogP) is 3.90. The number of halogens is 2. The van der Waals surface area contributed by atoms with Gasteiger partial charge in [0.15, 0.2) is 11.6 Å². The van der Waals surface area contributed by atoms with Gasteiger partial charge in [-0.1, -0.05) is 36.4 Å². The van der Waals surface area contributed by atoms with Crippen molar-refractivity contribution in [1.82, 2.24) is 5.32 Å². The van der Waals surface area contributed by atoms with Crippen molar-refractivity contribution in [3.63, 3.8) is 0 Å². The molecule has 1 N–H and O–H groups in total. The quantitative estimate of drug-likeness (QED) is 0.816. The summed E-state index contributed by atoms with van der Waals surface area (Å²) in [5.41, 5.74) is 1.93. The highest BCUT2D eigenvalue weighted by molar-refractivity contribution is 6.21. The van der Waals surface area contributed by atoms with Gasteiger partial charge in [0.25, 0.3) is 0 Å². The van der Waals surface area contributed by atoms with Gasteiger partial charge in [0.1, 0.15) is 0 Å². The second-order valence-corrected chi connectivity index (χ2v) is 5.00. The van der Waals surface area contributed by atoms with Crippen LogP contribution in [0.2, 0.25) is 0 Å². The molecule has 1 unspecified atom stereocenters. The molecular formula is C16H17ClFNO. The van der Waals surface area contributed by atoms with Crippen molar-refractivity contribution in [2.75, 3.05) is 13.7 Å². The molecule has 2 rings (SSSR count). The third kappa shape index (κ3) is 3.95. The van der Waals surface area contributed by atoms with E-state index in [1.807, 2.05) is 36.4 Å². The highest BCUT2D eigenvalue weighted by Gasteiger charge is 2.07. The van der Waals surface area contributed by atoms with Crippen molar-refractivity contribution in [3.8, 4) is 5.75 Å². The lowest BCUT2D eigenvalue weighted by molar-refractivity contribution is 0.386. The highest BCUT2D eigenvalue weighted by Crippen LogP contribution is 2.20. The van der Waals surface area contributed by atoms with Crippen LogP contribution >= 0.6 is 11.6 Å². The molecule has 0 fully saturated rings. The third-order valence-electron chi connectivity index (χ3n) is 3.03. The van der Waals surface area contributed by atoms with Gasteiger partial charge in [-0.15, -0.1) is 11.6 Å². The molecule has 0 heterocycles. The number of hydrogen-bond acceptors (Lipinski definition) is 2. The Balaban J connectivity index is 1.85. The molecule has 2 aromatic carbocycles. The van der Waals surface area contributed by atoms with Gasteiger partial charge in [0.05, 0.1) is 12.5 Å². The van der Waals surface area contributed by atoms with Gasteiger partial charge >= 0.3 is 0 Å². The molecule has 0 saturated heterocycles. The molecule has 0 aliphatic rings. The van der Waals surface area contributed by atoms with Crippen LogP contribution < -0.4 is 10.1 Å². The number of ether oxygens (including phenoxy) is 1. The van der Waals surface area contributed by atoms with E-state index in [2.05, 4.69) is 5.32 Å². The minimum atomic E-state index is -0.350. The maximum Gasteiger partial charge on any atom is 0.165 e. The molecule has 4 heteroatoms. The molecule has 0 amide bonds. The first-order valence-corrected chi connectivity index (χ1v) is 6.86. The molecule has 1 atom stereocenters. The van der Waals surface area contributed by atoms with Crippen LogP contribution in [-0.2, 0) is 6.54 Å². The zero-order chi connectivity index (χ0) is 14.4. The van der Waals surface area contributed by atoms with Crippen LogP contribution in [0, 0.1) is 5.82 Å². The highest BCUT2D eigenvalue weighted by atomic mass is 35.5. The number of rotatable bonds is 6. The molecule has 0 saturated carbocycles. The Hall–Kier alpha value is -1.58. The van der Waals surface area contributed by atoms with E-state index in [0.29, 0.717) is 13.1 Å². The molecule has 106 valence electrons. The first kappa shape index (κ1) is 14.8. The monoisotopic (exact) mass is 293 g/mol. The summed E-state index contributed by atoms with van der Waals surface area (Å²) in [6, 6.07) is 14.8. The fourth-order valence-electron chi connectivity index (χ4n) is 1.94. The molecule has 0 radical (unpaired) electrons. The van der Waals surface area contributed by atoms with E-state index in [1.165, 1.54) is 13.2 Å². The fraction of sp³-hybridized carbons (Fsp3) is 0.250. The van der Waals surface area contributed by atoms with Crippen LogP contribution in [0.5, 0.6) is 5.75 Å². The number of alkyl halides is 1. The van der Waals surface area contributed by atoms with Crippen LogP contribution in [0.4, 0.5) is 4.39 Å². The standard InChI is InChI=1S/C16H17ClFNO/c1-20-16-8-7-12(9-15(16)18)10-19-11-14(17)13-5-3-2-4-6-13/h2-9,14,19H,10-11H2,1H3. The Kier molecular flexibility index (Phi) is 5.39. The molecule has 0 aliphatic carbocycles. The summed E-state index contributed by atoms with van der Waals surface area (Å²) in [4.78, 5) is 0. The van der Waals surface area contributed by atoms with Crippen molar-refractivity contribution >= 4 is 11.6 Å². The van der Waals surface area contributed by atoms with Gasteiger partial charge in [0, 0.05) is 13.1 Å². The van der Waals surface area contributed by atoms with Gasteiger partial charge in [-0.25, -0.2) is 4.39 Å². The average Bonchev–Trinajstić information content (AvgIpc) is 2.48. The summed E-state index contributed by atoms with van der Waals surface area (Å²) < 4.78 is 18.4. The van der Waals surface area contributed by atoms with Crippen molar-refractivity contribution in [1.29, 1.82) is 0 Å². The van der Waals surface area contributed by atoms with E-state index in [1.54, 1.807) is 6.07 Å². The van der Waals surface area contributed by atoms with Gasteiger partial charge in [-0.05, 0) is 23.3 Å². The van der Waals surface area contributed by atoms with Crippen molar-refractivity contribution in [2.24, 2.45) is 0 Å². The molecule has 0 spiro atoms. The van der Waals surface area contributed by atoms with Crippen molar-refractivity contribution < 1.29 is 9.13 Å². The maximum atomic E-state index is 13.5. The number of benzene rings is 2. The van der Waals surface area contributed by atoms with E-state index in [0.717, 1.165) is 11.1 Å². The normalized spacial score (nSPS) is 12.2. The minimum Gasteiger partial charge on any atom is -0.494 e. The van der Waals surface area contributed by atoms with E-state index < -0.39 is 0 Å². The Morgan fingerprint density at radius 1 is 1.20 bits per heavy atom. The number of nitrogens with one attached hydrogen (secondary N) is 1. The summed E-state index contributed by atoms with van der Waals surface area (Å²) in [5, 5.41) is 3.13. The van der Waals surface area contributed by atoms with E-state index in [-0.39, 0.29) is 16.9 Å². The second kappa shape index (κ2) is 7.27. The van der Waals surface area contributed by atoms with E-state index in [9.17, 15) is 4.39 Å². The predicted molar refractivity (Wildman–Crippen MR) is 79.7 cm³/mol. The fourth-order valence-corrected chi connectivity index (χ4v) is 2.20. The van der Waals surface area contributed by atoms with E-state index >= 15 is 0 Å². The lowest BCUT2D eigenvalue weighted by Crippen LogP contribution is -2.18. The SMILES string of the molecule is COc1ccc(CNCC(Cl)c2ccccc2)cc1F. The summed E-state index contributed by atoms with van der Waals surface area (Å²) in [6.45, 7) is 1.19. The molecule has 2 nitrogen and oxygen atoms in total. The first-order valence-electron chi connectivity index (χ1n) is 6.43. The van der Waals surface area contributed by atoms with E-state index in [4.69, 9.17) is 16.3 Å². The molecule has 2 aromatic rings. The Morgan fingerprint density at radius 2 is 1.95 bits per heavy atom. The molecule has 20 heavy (non-hydrogen) atoms. The van der Waals surface area contributed by atoms with Crippen LogP contribution in [0.25, 0.3) is 0 Å². The Bertz CT molecular complexity index is 547. The minimum absolute atomic E-state index is 0.0979. The summed E-state index contributed by atoms with van der Waals surface area (Å²) >= 11 is 6.29.